The molecule has 0 aliphatic heterocycles. The molecule has 1 heterocycles. The van der Waals surface area contributed by atoms with Crippen LogP contribution in [0.5, 0.6) is 0 Å². The minimum absolute atomic E-state index is 0.185. The number of nitrogens with one attached hydrogen (secondary N) is 1. The van der Waals surface area contributed by atoms with Crippen molar-refractivity contribution in [1.82, 2.24) is 9.78 Å². The summed E-state index contributed by atoms with van der Waals surface area (Å²) in [5.41, 5.74) is 1.89. The Morgan fingerprint density at radius 3 is 2.57 bits per heavy atom. The molecule has 0 bridgehead atoms. The number of rotatable bonds is 5. The zero-order chi connectivity index (χ0) is 15.2. The number of amides is 1. The van der Waals surface area contributed by atoms with Gasteiger partial charge in [-0.15, -0.1) is 0 Å². The van der Waals surface area contributed by atoms with Crippen molar-refractivity contribution in [1.29, 1.82) is 0 Å². The first-order valence-electron chi connectivity index (χ1n) is 7.06. The van der Waals surface area contributed by atoms with Gasteiger partial charge in [-0.2, -0.15) is 5.10 Å². The minimum Gasteiger partial charge on any atom is -0.321 e. The Labute approximate surface area is 123 Å². The Morgan fingerprint density at radius 1 is 1.19 bits per heavy atom. The zero-order valence-corrected chi connectivity index (χ0v) is 12.3. The number of aromatic nitrogens is 2. The summed E-state index contributed by atoms with van der Waals surface area (Å²) >= 11 is 0. The van der Waals surface area contributed by atoms with Gasteiger partial charge >= 0.3 is 0 Å². The molecule has 0 saturated carbocycles. The van der Waals surface area contributed by atoms with Crippen molar-refractivity contribution in [2.24, 2.45) is 0 Å². The number of nitrogens with zero attached hydrogens (tertiary/aromatic N) is 2. The summed E-state index contributed by atoms with van der Waals surface area (Å²) in [6.45, 7) is 4.55. The molecule has 2 aromatic rings. The maximum Gasteiger partial charge on any atom is 0.276 e. The van der Waals surface area contributed by atoms with Gasteiger partial charge < -0.3 is 5.32 Å². The molecule has 1 aromatic carbocycles. The molecule has 0 fully saturated rings. The number of anilines is 1. The van der Waals surface area contributed by atoms with E-state index in [4.69, 9.17) is 0 Å². The summed E-state index contributed by atoms with van der Waals surface area (Å²) in [5, 5.41) is 6.89. The van der Waals surface area contributed by atoms with E-state index in [2.05, 4.69) is 10.4 Å². The number of hydrogen-bond donors (Lipinski definition) is 1. The Morgan fingerprint density at radius 2 is 1.90 bits per heavy atom. The van der Waals surface area contributed by atoms with Crippen LogP contribution in [0.2, 0.25) is 0 Å². The van der Waals surface area contributed by atoms with E-state index in [0.717, 1.165) is 18.4 Å². The van der Waals surface area contributed by atoms with Crippen molar-refractivity contribution >= 4 is 11.6 Å². The van der Waals surface area contributed by atoms with Crippen LogP contribution in [-0.2, 0) is 6.54 Å². The zero-order valence-electron chi connectivity index (χ0n) is 12.3. The second-order valence-corrected chi connectivity index (χ2v) is 4.95. The van der Waals surface area contributed by atoms with Gasteiger partial charge in [0.1, 0.15) is 5.69 Å². The van der Waals surface area contributed by atoms with E-state index >= 15 is 0 Å². The SMILES string of the molecule is CCCCn1nc(C(=O)Nc2ccc(C)cc2)ccc1=O. The molecule has 0 aliphatic rings. The number of aryl methyl sites for hydroxylation is 2. The van der Waals surface area contributed by atoms with Gasteiger partial charge in [-0.1, -0.05) is 31.0 Å². The monoisotopic (exact) mass is 285 g/mol. The molecule has 1 N–H and O–H groups in total. The normalized spacial score (nSPS) is 10.4. The highest BCUT2D eigenvalue weighted by atomic mass is 16.2. The van der Waals surface area contributed by atoms with Crippen LogP contribution >= 0.6 is 0 Å². The van der Waals surface area contributed by atoms with Gasteiger partial charge in [0.25, 0.3) is 11.5 Å². The molecular formula is C16H19N3O2. The van der Waals surface area contributed by atoms with Crippen LogP contribution in [0.25, 0.3) is 0 Å². The molecule has 1 amide bonds. The van der Waals surface area contributed by atoms with Gasteiger partial charge in [0, 0.05) is 18.3 Å². The number of hydrogen-bond acceptors (Lipinski definition) is 3. The maximum atomic E-state index is 12.1. The molecule has 1 aromatic heterocycles. The summed E-state index contributed by atoms with van der Waals surface area (Å²) in [4.78, 5) is 23.8. The van der Waals surface area contributed by atoms with Crippen molar-refractivity contribution in [2.75, 3.05) is 5.32 Å². The molecular weight excluding hydrogens is 266 g/mol. The lowest BCUT2D eigenvalue weighted by molar-refractivity contribution is 0.101. The van der Waals surface area contributed by atoms with Crippen LogP contribution in [-0.4, -0.2) is 15.7 Å². The van der Waals surface area contributed by atoms with E-state index in [1.165, 1.54) is 16.8 Å². The van der Waals surface area contributed by atoms with Gasteiger partial charge in [0.2, 0.25) is 0 Å². The van der Waals surface area contributed by atoms with E-state index in [1.54, 1.807) is 0 Å². The lowest BCUT2D eigenvalue weighted by Gasteiger charge is -2.07. The molecule has 2 rings (SSSR count). The van der Waals surface area contributed by atoms with Crippen molar-refractivity contribution in [3.8, 4) is 0 Å². The molecule has 0 radical (unpaired) electrons. The molecule has 21 heavy (non-hydrogen) atoms. The predicted octanol–water partition coefficient (Wildman–Crippen LogP) is 2.60. The van der Waals surface area contributed by atoms with Crippen molar-refractivity contribution in [3.63, 3.8) is 0 Å². The summed E-state index contributed by atoms with van der Waals surface area (Å²) in [6.07, 6.45) is 1.82. The third-order valence-corrected chi connectivity index (χ3v) is 3.13. The van der Waals surface area contributed by atoms with Crippen molar-refractivity contribution in [3.05, 3.63) is 58.0 Å². The third-order valence-electron chi connectivity index (χ3n) is 3.13. The summed E-state index contributed by atoms with van der Waals surface area (Å²) in [6, 6.07) is 10.3. The molecule has 0 saturated heterocycles. The fourth-order valence-electron chi connectivity index (χ4n) is 1.87. The Bertz CT molecular complexity index is 675. The summed E-state index contributed by atoms with van der Waals surface area (Å²) < 4.78 is 1.34. The standard InChI is InChI=1S/C16H19N3O2/c1-3-4-11-19-15(20)10-9-14(18-19)16(21)17-13-7-5-12(2)6-8-13/h5-10H,3-4,11H2,1-2H3,(H,17,21). The Kier molecular flexibility index (Phi) is 4.87. The van der Waals surface area contributed by atoms with Crippen molar-refractivity contribution in [2.45, 2.75) is 33.2 Å². The first-order valence-corrected chi connectivity index (χ1v) is 7.06. The molecule has 110 valence electrons. The average molecular weight is 285 g/mol. The van der Waals surface area contributed by atoms with Crippen LogP contribution < -0.4 is 10.9 Å². The van der Waals surface area contributed by atoms with Gasteiger partial charge in [-0.25, -0.2) is 4.68 Å². The molecule has 0 spiro atoms. The quantitative estimate of drug-likeness (QED) is 0.918. The topological polar surface area (TPSA) is 64.0 Å². The highest BCUT2D eigenvalue weighted by molar-refractivity contribution is 6.02. The first kappa shape index (κ1) is 15.0. The molecule has 5 heteroatoms. The number of carbonyl (C=O) groups excluding carboxylic acids is 1. The van der Waals surface area contributed by atoms with Crippen molar-refractivity contribution < 1.29 is 4.79 Å². The summed E-state index contributed by atoms with van der Waals surface area (Å²) in [7, 11) is 0. The summed E-state index contributed by atoms with van der Waals surface area (Å²) in [5.74, 6) is -0.316. The average Bonchev–Trinajstić information content (AvgIpc) is 2.48. The number of benzene rings is 1. The van der Waals surface area contributed by atoms with E-state index in [9.17, 15) is 9.59 Å². The highest BCUT2D eigenvalue weighted by Crippen LogP contribution is 2.09. The van der Waals surface area contributed by atoms with E-state index in [0.29, 0.717) is 12.2 Å². The molecule has 5 nitrogen and oxygen atoms in total. The lowest BCUT2D eigenvalue weighted by Crippen LogP contribution is -2.26. The Balaban J connectivity index is 2.15. The van der Waals surface area contributed by atoms with E-state index in [-0.39, 0.29) is 17.2 Å². The van der Waals surface area contributed by atoms with Crippen LogP contribution in [0, 0.1) is 6.92 Å². The van der Waals surface area contributed by atoms with Crippen LogP contribution in [0.15, 0.2) is 41.2 Å². The van der Waals surface area contributed by atoms with Crippen LogP contribution in [0.1, 0.15) is 35.8 Å². The molecule has 0 atom stereocenters. The van der Waals surface area contributed by atoms with Gasteiger partial charge in [0.15, 0.2) is 0 Å². The smallest absolute Gasteiger partial charge is 0.276 e. The highest BCUT2D eigenvalue weighted by Gasteiger charge is 2.09. The van der Waals surface area contributed by atoms with Gasteiger partial charge in [-0.05, 0) is 31.5 Å². The third kappa shape index (κ3) is 4.02. The second kappa shape index (κ2) is 6.83. The first-order chi connectivity index (χ1) is 10.1. The minimum atomic E-state index is -0.316. The van der Waals surface area contributed by atoms with Gasteiger partial charge in [0.05, 0.1) is 0 Å². The number of unbranched alkanes of at least 4 members (excludes halogenated alkanes) is 1. The maximum absolute atomic E-state index is 12.1. The van der Waals surface area contributed by atoms with Gasteiger partial charge in [-0.3, -0.25) is 9.59 Å². The second-order valence-electron chi connectivity index (χ2n) is 4.95. The van der Waals surface area contributed by atoms with E-state index in [1.807, 2.05) is 38.1 Å². The predicted molar refractivity (Wildman–Crippen MR) is 82.5 cm³/mol. The van der Waals surface area contributed by atoms with Crippen LogP contribution in [0.4, 0.5) is 5.69 Å². The van der Waals surface area contributed by atoms with E-state index < -0.39 is 0 Å². The largest absolute Gasteiger partial charge is 0.321 e. The Hall–Kier alpha value is -2.43. The van der Waals surface area contributed by atoms with Crippen LogP contribution in [0.3, 0.4) is 0 Å². The fraction of sp³-hybridized carbons (Fsp3) is 0.312. The number of carbonyl (C=O) groups is 1. The lowest BCUT2D eigenvalue weighted by atomic mass is 10.2. The fourth-order valence-corrected chi connectivity index (χ4v) is 1.87. The molecule has 0 aliphatic carbocycles. The molecule has 0 unspecified atom stereocenters.